The lowest BCUT2D eigenvalue weighted by Gasteiger charge is -2.20. The molecule has 2 heterocycles. The SMILES string of the molecule is Cc1ccc2nc(N(Cc3ccccc3)C(=O)c3nn(C)c(=O)c4ccccc34)sc2c1. The maximum absolute atomic E-state index is 13.9. The van der Waals surface area contributed by atoms with Crippen molar-refractivity contribution in [3.63, 3.8) is 0 Å². The van der Waals surface area contributed by atoms with Crippen LogP contribution >= 0.6 is 11.3 Å². The second-order valence-corrected chi connectivity index (χ2v) is 8.68. The Morgan fingerprint density at radius 2 is 1.72 bits per heavy atom. The molecule has 0 spiro atoms. The molecule has 0 N–H and O–H groups in total. The quantitative estimate of drug-likeness (QED) is 0.406. The molecule has 1 amide bonds. The van der Waals surface area contributed by atoms with Crippen molar-refractivity contribution in [2.75, 3.05) is 4.90 Å². The number of hydrogen-bond donors (Lipinski definition) is 0. The maximum atomic E-state index is 13.9. The van der Waals surface area contributed by atoms with E-state index < -0.39 is 0 Å². The summed E-state index contributed by atoms with van der Waals surface area (Å²) in [6, 6.07) is 22.9. The molecule has 0 aliphatic carbocycles. The fraction of sp³-hybridized carbons (Fsp3) is 0.120. The Bertz CT molecular complexity index is 1520. The van der Waals surface area contributed by atoms with Gasteiger partial charge in [0.25, 0.3) is 11.5 Å². The number of anilines is 1. The topological polar surface area (TPSA) is 68.1 Å². The monoisotopic (exact) mass is 440 g/mol. The van der Waals surface area contributed by atoms with Gasteiger partial charge in [0.1, 0.15) is 0 Å². The lowest BCUT2D eigenvalue weighted by atomic mass is 10.1. The van der Waals surface area contributed by atoms with E-state index in [1.54, 1.807) is 30.1 Å². The summed E-state index contributed by atoms with van der Waals surface area (Å²) in [6.45, 7) is 2.38. The Morgan fingerprint density at radius 1 is 1.00 bits per heavy atom. The van der Waals surface area contributed by atoms with Gasteiger partial charge in [0.15, 0.2) is 10.8 Å². The van der Waals surface area contributed by atoms with Gasteiger partial charge in [0.2, 0.25) is 0 Å². The van der Waals surface area contributed by atoms with Gasteiger partial charge in [0.05, 0.1) is 22.1 Å². The number of aromatic nitrogens is 3. The highest BCUT2D eigenvalue weighted by atomic mass is 32.1. The van der Waals surface area contributed by atoms with Gasteiger partial charge in [-0.1, -0.05) is 65.9 Å². The van der Waals surface area contributed by atoms with Crippen LogP contribution in [0, 0.1) is 6.92 Å². The number of carbonyl (C=O) groups excluding carboxylic acids is 1. The van der Waals surface area contributed by atoms with E-state index >= 15 is 0 Å². The van der Waals surface area contributed by atoms with E-state index in [-0.39, 0.29) is 17.2 Å². The van der Waals surface area contributed by atoms with Crippen LogP contribution in [0.5, 0.6) is 0 Å². The maximum Gasteiger partial charge on any atom is 0.281 e. The summed E-state index contributed by atoms with van der Waals surface area (Å²) in [5, 5.41) is 5.95. The molecule has 5 rings (SSSR count). The molecule has 0 aliphatic rings. The molecule has 0 aliphatic heterocycles. The molecule has 0 unspecified atom stereocenters. The zero-order valence-electron chi connectivity index (χ0n) is 17.6. The van der Waals surface area contributed by atoms with Crippen LogP contribution in [0.2, 0.25) is 0 Å². The first kappa shape index (κ1) is 20.1. The molecular formula is C25H20N4O2S. The second kappa shape index (κ2) is 8.01. The Hall–Kier alpha value is -3.84. The van der Waals surface area contributed by atoms with Crippen molar-refractivity contribution in [3.8, 4) is 0 Å². The Balaban J connectivity index is 1.68. The van der Waals surface area contributed by atoms with Gasteiger partial charge in [-0.15, -0.1) is 0 Å². The number of rotatable bonds is 4. The van der Waals surface area contributed by atoms with Crippen molar-refractivity contribution >= 4 is 43.4 Å². The van der Waals surface area contributed by atoms with Crippen LogP contribution in [0.3, 0.4) is 0 Å². The van der Waals surface area contributed by atoms with E-state index in [1.807, 2.05) is 55.5 Å². The molecule has 3 aromatic carbocycles. The lowest BCUT2D eigenvalue weighted by Crippen LogP contribution is -2.33. The summed E-state index contributed by atoms with van der Waals surface area (Å²) in [7, 11) is 1.56. The largest absolute Gasteiger partial charge is 0.281 e. The highest BCUT2D eigenvalue weighted by molar-refractivity contribution is 7.22. The van der Waals surface area contributed by atoms with Crippen LogP contribution in [-0.2, 0) is 13.6 Å². The van der Waals surface area contributed by atoms with Gasteiger partial charge in [-0.05, 0) is 36.2 Å². The second-order valence-electron chi connectivity index (χ2n) is 7.67. The number of aryl methyl sites for hydroxylation is 2. The van der Waals surface area contributed by atoms with E-state index in [9.17, 15) is 9.59 Å². The van der Waals surface area contributed by atoms with Crippen molar-refractivity contribution < 1.29 is 4.79 Å². The van der Waals surface area contributed by atoms with Crippen molar-refractivity contribution in [2.24, 2.45) is 7.05 Å². The van der Waals surface area contributed by atoms with E-state index in [2.05, 4.69) is 11.2 Å². The number of nitrogens with zero attached hydrogens (tertiary/aromatic N) is 4. The first-order valence-electron chi connectivity index (χ1n) is 10.2. The molecule has 0 saturated carbocycles. The average molecular weight is 441 g/mol. The molecule has 0 atom stereocenters. The van der Waals surface area contributed by atoms with Gasteiger partial charge < -0.3 is 0 Å². The van der Waals surface area contributed by atoms with Crippen molar-refractivity contribution in [3.05, 3.63) is 100.0 Å². The number of carbonyl (C=O) groups is 1. The molecule has 0 fully saturated rings. The zero-order chi connectivity index (χ0) is 22.2. The molecule has 32 heavy (non-hydrogen) atoms. The van der Waals surface area contributed by atoms with Crippen LogP contribution in [-0.4, -0.2) is 20.7 Å². The molecule has 0 radical (unpaired) electrons. The van der Waals surface area contributed by atoms with Gasteiger partial charge in [-0.3, -0.25) is 14.5 Å². The van der Waals surface area contributed by atoms with Crippen LogP contribution in [0.1, 0.15) is 21.6 Å². The van der Waals surface area contributed by atoms with Crippen molar-refractivity contribution in [1.82, 2.24) is 14.8 Å². The smallest absolute Gasteiger partial charge is 0.278 e. The minimum absolute atomic E-state index is 0.231. The highest BCUT2D eigenvalue weighted by Crippen LogP contribution is 2.32. The molecular weight excluding hydrogens is 420 g/mol. The summed E-state index contributed by atoms with van der Waals surface area (Å²) in [4.78, 5) is 32.8. The fourth-order valence-corrected chi connectivity index (χ4v) is 4.77. The summed E-state index contributed by atoms with van der Waals surface area (Å²) in [6.07, 6.45) is 0. The Morgan fingerprint density at radius 3 is 2.50 bits per heavy atom. The van der Waals surface area contributed by atoms with Gasteiger partial charge in [-0.25, -0.2) is 9.67 Å². The lowest BCUT2D eigenvalue weighted by molar-refractivity contribution is 0.0980. The normalized spacial score (nSPS) is 11.2. The standard InChI is InChI=1S/C25H20N4O2S/c1-16-12-13-20-21(14-16)32-25(26-20)29(15-17-8-4-3-5-9-17)24(31)22-18-10-6-7-11-19(18)23(30)28(2)27-22/h3-14H,15H2,1-2H3. The molecule has 158 valence electrons. The molecule has 5 aromatic rings. The first-order valence-corrected chi connectivity index (χ1v) is 11.0. The summed E-state index contributed by atoms with van der Waals surface area (Å²) < 4.78 is 2.24. The van der Waals surface area contributed by atoms with Crippen molar-refractivity contribution in [1.29, 1.82) is 0 Å². The molecule has 0 bridgehead atoms. The summed E-state index contributed by atoms with van der Waals surface area (Å²) in [5.74, 6) is -0.295. The van der Waals surface area contributed by atoms with Gasteiger partial charge >= 0.3 is 0 Å². The number of benzene rings is 3. The van der Waals surface area contributed by atoms with E-state index in [4.69, 9.17) is 4.98 Å². The van der Waals surface area contributed by atoms with E-state index in [1.165, 1.54) is 16.0 Å². The van der Waals surface area contributed by atoms with Gasteiger partial charge in [0, 0.05) is 12.4 Å². The van der Waals surface area contributed by atoms with E-state index in [0.29, 0.717) is 22.4 Å². The van der Waals surface area contributed by atoms with E-state index in [0.717, 1.165) is 21.3 Å². The highest BCUT2D eigenvalue weighted by Gasteiger charge is 2.26. The molecule has 7 heteroatoms. The third-order valence-electron chi connectivity index (χ3n) is 5.35. The van der Waals surface area contributed by atoms with Crippen LogP contribution in [0.4, 0.5) is 5.13 Å². The Labute approximate surface area is 188 Å². The third-order valence-corrected chi connectivity index (χ3v) is 6.39. The number of amides is 1. The number of hydrogen-bond acceptors (Lipinski definition) is 5. The minimum Gasteiger partial charge on any atom is -0.278 e. The molecule has 0 saturated heterocycles. The fourth-order valence-electron chi connectivity index (χ4n) is 3.71. The summed E-state index contributed by atoms with van der Waals surface area (Å²) >= 11 is 1.47. The Kier molecular flexibility index (Phi) is 5.03. The first-order chi connectivity index (χ1) is 15.5. The van der Waals surface area contributed by atoms with Crippen LogP contribution in [0.15, 0.2) is 77.6 Å². The van der Waals surface area contributed by atoms with Crippen molar-refractivity contribution in [2.45, 2.75) is 13.5 Å². The minimum atomic E-state index is -0.295. The predicted molar refractivity (Wildman–Crippen MR) is 128 cm³/mol. The zero-order valence-corrected chi connectivity index (χ0v) is 18.5. The van der Waals surface area contributed by atoms with Crippen LogP contribution in [0.25, 0.3) is 21.0 Å². The number of fused-ring (bicyclic) bond motifs is 2. The molecule has 2 aromatic heterocycles. The predicted octanol–water partition coefficient (Wildman–Crippen LogP) is 4.70. The third kappa shape index (κ3) is 3.56. The average Bonchev–Trinajstić information content (AvgIpc) is 3.23. The van der Waals surface area contributed by atoms with Crippen LogP contribution < -0.4 is 10.5 Å². The molecule has 6 nitrogen and oxygen atoms in total. The number of thiazole rings is 1. The van der Waals surface area contributed by atoms with Gasteiger partial charge in [-0.2, -0.15) is 5.10 Å². The summed E-state index contributed by atoms with van der Waals surface area (Å²) in [5.41, 5.74) is 2.96.